The maximum Gasteiger partial charge on any atom is 0.135 e. The quantitative estimate of drug-likeness (QED) is 0.168. The van der Waals surface area contributed by atoms with Crippen LogP contribution < -0.4 is 9.80 Å². The molecule has 0 bridgehead atoms. The Morgan fingerprint density at radius 1 is 0.400 bits per heavy atom. The van der Waals surface area contributed by atoms with Crippen molar-refractivity contribution in [3.63, 3.8) is 0 Å². The summed E-state index contributed by atoms with van der Waals surface area (Å²) in [6.07, 6.45) is 0.822. The molecule has 0 radical (unpaired) electrons. The number of furan rings is 2. The van der Waals surface area contributed by atoms with Gasteiger partial charge in [0.25, 0.3) is 0 Å². The third kappa shape index (κ3) is 5.45. The summed E-state index contributed by atoms with van der Waals surface area (Å²) in [4.78, 5) is 4.97. The topological polar surface area (TPSA) is 32.8 Å². The van der Waals surface area contributed by atoms with Gasteiger partial charge in [-0.1, -0.05) is 108 Å². The predicted octanol–water partition coefficient (Wildman–Crippen LogP) is 15.8. The zero-order valence-electron chi connectivity index (χ0n) is 33.4. The largest absolute Gasteiger partial charge is 0.456 e. The first-order valence-electron chi connectivity index (χ1n) is 20.7. The van der Waals surface area contributed by atoms with Crippen molar-refractivity contribution in [2.45, 2.75) is 26.3 Å². The van der Waals surface area contributed by atoms with E-state index in [1.54, 1.807) is 0 Å². The Balaban J connectivity index is 1.07. The molecule has 4 heteroatoms. The van der Waals surface area contributed by atoms with E-state index in [1.165, 1.54) is 44.2 Å². The molecule has 0 amide bonds. The minimum atomic E-state index is 0.0215. The van der Waals surface area contributed by atoms with Crippen LogP contribution in [-0.4, -0.2) is 0 Å². The van der Waals surface area contributed by atoms with E-state index in [1.807, 2.05) is 0 Å². The zero-order chi connectivity index (χ0) is 39.9. The number of anilines is 5. The Kier molecular flexibility index (Phi) is 7.76. The van der Waals surface area contributed by atoms with E-state index in [4.69, 9.17) is 8.83 Å². The molecule has 0 N–H and O–H groups in total. The number of aryl methyl sites for hydroxylation is 2. The van der Waals surface area contributed by atoms with Gasteiger partial charge in [0.15, 0.2) is 0 Å². The summed E-state index contributed by atoms with van der Waals surface area (Å²) in [5.41, 5.74) is 16.8. The highest BCUT2D eigenvalue weighted by atomic mass is 16.3. The second-order valence-corrected chi connectivity index (χ2v) is 16.2. The molecule has 0 fully saturated rings. The van der Waals surface area contributed by atoms with Crippen LogP contribution in [0.4, 0.5) is 28.4 Å². The van der Waals surface area contributed by atoms with Crippen molar-refractivity contribution in [3.05, 3.63) is 210 Å². The van der Waals surface area contributed by atoms with Crippen molar-refractivity contribution in [1.82, 2.24) is 0 Å². The molecule has 0 aliphatic heterocycles. The molecule has 9 aromatic carbocycles. The summed E-state index contributed by atoms with van der Waals surface area (Å²) in [5, 5.41) is 6.99. The van der Waals surface area contributed by atoms with Gasteiger partial charge in [-0.25, -0.2) is 0 Å². The van der Waals surface area contributed by atoms with E-state index in [9.17, 15) is 0 Å². The van der Waals surface area contributed by atoms with Gasteiger partial charge in [-0.05, 0) is 139 Å². The van der Waals surface area contributed by atoms with Gasteiger partial charge in [0.2, 0.25) is 0 Å². The number of para-hydroxylation sites is 2. The molecule has 286 valence electrons. The average Bonchev–Trinajstić information content (AvgIpc) is 3.84. The molecule has 0 spiro atoms. The van der Waals surface area contributed by atoms with Crippen molar-refractivity contribution in [2.75, 3.05) is 9.80 Å². The summed E-state index contributed by atoms with van der Waals surface area (Å²) in [7, 11) is 0. The fraction of sp³-hybridized carbons (Fsp3) is 0.0714. The Morgan fingerprint density at radius 2 is 0.917 bits per heavy atom. The standard InChI is InChI=1S/C56H40N2O2/c1-35-21-25-53-47(29-35)49-31-39(23-27-55(49)59-53)57(37-13-5-3-6-14-37)51-33-45-42-18-10-12-20-44(42)52(34-46(45)41-17-9-11-19-43(41)51)58(38-15-7-4-8-16-38)40-24-28-56-50(32-40)48-30-36(2)22-26-54(48)60-56/h3-33,52H,34H2,1-2H3. The normalized spacial score (nSPS) is 13.6. The number of nitrogens with zero attached hydrogens (tertiary/aromatic N) is 2. The number of benzene rings is 9. The Labute approximate surface area is 348 Å². The van der Waals surface area contributed by atoms with Crippen molar-refractivity contribution in [3.8, 4) is 11.1 Å². The van der Waals surface area contributed by atoms with Crippen LogP contribution in [0.15, 0.2) is 197 Å². The lowest BCUT2D eigenvalue weighted by atomic mass is 9.78. The van der Waals surface area contributed by atoms with Crippen LogP contribution in [0, 0.1) is 13.8 Å². The first kappa shape index (κ1) is 34.5. The van der Waals surface area contributed by atoms with Gasteiger partial charge in [0.1, 0.15) is 22.3 Å². The van der Waals surface area contributed by atoms with Gasteiger partial charge in [0.05, 0.1) is 11.7 Å². The van der Waals surface area contributed by atoms with Crippen LogP contribution in [-0.2, 0) is 6.42 Å². The molecule has 2 aromatic heterocycles. The molecule has 1 unspecified atom stereocenters. The molecule has 12 rings (SSSR count). The molecular weight excluding hydrogens is 733 g/mol. The molecule has 60 heavy (non-hydrogen) atoms. The first-order valence-corrected chi connectivity index (χ1v) is 20.7. The molecular formula is C56H40N2O2. The third-order valence-corrected chi connectivity index (χ3v) is 12.5. The monoisotopic (exact) mass is 772 g/mol. The van der Waals surface area contributed by atoms with Crippen molar-refractivity contribution in [2.24, 2.45) is 0 Å². The number of hydrogen-bond donors (Lipinski definition) is 0. The highest BCUT2D eigenvalue weighted by Gasteiger charge is 2.33. The van der Waals surface area contributed by atoms with Crippen molar-refractivity contribution in [1.29, 1.82) is 0 Å². The molecule has 0 saturated carbocycles. The first-order chi connectivity index (χ1) is 29.6. The Hall–Kier alpha value is -7.56. The molecule has 11 aromatic rings. The molecule has 0 saturated heterocycles. The van der Waals surface area contributed by atoms with Crippen LogP contribution in [0.3, 0.4) is 0 Å². The van der Waals surface area contributed by atoms with Gasteiger partial charge in [0, 0.05) is 49.7 Å². The van der Waals surface area contributed by atoms with Crippen molar-refractivity contribution >= 4 is 83.1 Å². The van der Waals surface area contributed by atoms with Gasteiger partial charge in [-0.3, -0.25) is 0 Å². The fourth-order valence-corrected chi connectivity index (χ4v) is 9.78. The number of fused-ring (bicyclic) bond motifs is 11. The number of rotatable bonds is 6. The molecule has 4 nitrogen and oxygen atoms in total. The van der Waals surface area contributed by atoms with Crippen molar-refractivity contribution < 1.29 is 8.83 Å². The van der Waals surface area contributed by atoms with Gasteiger partial charge >= 0.3 is 0 Å². The maximum atomic E-state index is 6.35. The number of hydrogen-bond acceptors (Lipinski definition) is 4. The van der Waals surface area contributed by atoms with Gasteiger partial charge in [-0.2, -0.15) is 0 Å². The molecule has 1 atom stereocenters. The van der Waals surface area contributed by atoms with Crippen LogP contribution in [0.1, 0.15) is 28.3 Å². The lowest BCUT2D eigenvalue weighted by Gasteiger charge is -2.39. The highest BCUT2D eigenvalue weighted by Crippen LogP contribution is 2.51. The van der Waals surface area contributed by atoms with E-state index in [2.05, 4.69) is 212 Å². The summed E-state index contributed by atoms with van der Waals surface area (Å²) >= 11 is 0. The minimum Gasteiger partial charge on any atom is -0.456 e. The van der Waals surface area contributed by atoms with Crippen LogP contribution in [0.2, 0.25) is 0 Å². The minimum absolute atomic E-state index is 0.0215. The van der Waals surface area contributed by atoms with E-state index in [0.717, 1.165) is 78.7 Å². The zero-order valence-corrected chi connectivity index (χ0v) is 33.4. The van der Waals surface area contributed by atoms with Gasteiger partial charge < -0.3 is 18.6 Å². The molecule has 1 aliphatic carbocycles. The SMILES string of the molecule is Cc1ccc2oc3ccc(N(c4ccccc4)c4cc5c(c6ccccc46)CC(N(c4ccccc4)c4ccc6oc7ccc(C)cc7c6c4)c4ccccc4-5)cc3c2c1. The van der Waals surface area contributed by atoms with Crippen LogP contribution >= 0.6 is 0 Å². The summed E-state index contributed by atoms with van der Waals surface area (Å²) < 4.78 is 12.7. The Morgan fingerprint density at radius 3 is 1.58 bits per heavy atom. The van der Waals surface area contributed by atoms with E-state index in [-0.39, 0.29) is 6.04 Å². The summed E-state index contributed by atoms with van der Waals surface area (Å²) in [5.74, 6) is 0. The van der Waals surface area contributed by atoms with Crippen LogP contribution in [0.25, 0.3) is 65.8 Å². The van der Waals surface area contributed by atoms with Gasteiger partial charge in [-0.15, -0.1) is 0 Å². The maximum absolute atomic E-state index is 6.35. The highest BCUT2D eigenvalue weighted by molar-refractivity contribution is 6.10. The lowest BCUT2D eigenvalue weighted by molar-refractivity contribution is 0.667. The Bertz CT molecular complexity index is 3450. The fourth-order valence-electron chi connectivity index (χ4n) is 9.78. The molecule has 1 aliphatic rings. The average molecular weight is 773 g/mol. The second-order valence-electron chi connectivity index (χ2n) is 16.2. The van der Waals surface area contributed by atoms with Crippen LogP contribution in [0.5, 0.6) is 0 Å². The lowest BCUT2D eigenvalue weighted by Crippen LogP contribution is -2.28. The van der Waals surface area contributed by atoms with E-state index >= 15 is 0 Å². The smallest absolute Gasteiger partial charge is 0.135 e. The predicted molar refractivity (Wildman–Crippen MR) is 250 cm³/mol. The second kappa shape index (κ2) is 13.5. The van der Waals surface area contributed by atoms with E-state index < -0.39 is 0 Å². The third-order valence-electron chi connectivity index (χ3n) is 12.5. The summed E-state index contributed by atoms with van der Waals surface area (Å²) in [6, 6.07) is 68.3. The summed E-state index contributed by atoms with van der Waals surface area (Å²) in [6.45, 7) is 4.28. The van der Waals surface area contributed by atoms with E-state index in [0.29, 0.717) is 0 Å². The molecule has 2 heterocycles.